The van der Waals surface area contributed by atoms with E-state index in [9.17, 15) is 9.59 Å². The number of hydrogen-bond acceptors (Lipinski definition) is 6. The van der Waals surface area contributed by atoms with Gasteiger partial charge in [-0.05, 0) is 36.8 Å². The first kappa shape index (κ1) is 22.5. The molecule has 0 aliphatic carbocycles. The van der Waals surface area contributed by atoms with E-state index in [0.29, 0.717) is 43.3 Å². The lowest BCUT2D eigenvalue weighted by Crippen LogP contribution is -2.37. The van der Waals surface area contributed by atoms with E-state index in [0.717, 1.165) is 11.3 Å². The van der Waals surface area contributed by atoms with E-state index in [1.54, 1.807) is 12.1 Å². The Bertz CT molecular complexity index is 853. The molecule has 1 heterocycles. The molecule has 1 saturated heterocycles. The summed E-state index contributed by atoms with van der Waals surface area (Å²) in [6.07, 6.45) is 0. The summed E-state index contributed by atoms with van der Waals surface area (Å²) in [4.78, 5) is 26.6. The van der Waals surface area contributed by atoms with Gasteiger partial charge in [-0.25, -0.2) is 4.79 Å². The molecule has 156 valence electrons. The molecule has 0 unspecified atom stereocenters. The molecular weight excluding hydrogens is 396 g/mol. The number of amides is 1. The number of anilines is 2. The lowest BCUT2D eigenvalue weighted by molar-refractivity contribution is -0.118. The average molecular weight is 421 g/mol. The minimum Gasteiger partial charge on any atom is -0.483 e. The van der Waals surface area contributed by atoms with E-state index >= 15 is 0 Å². The molecule has 2 aromatic rings. The highest BCUT2D eigenvalue weighted by atomic mass is 35.5. The van der Waals surface area contributed by atoms with Crippen molar-refractivity contribution >= 4 is 35.7 Å². The van der Waals surface area contributed by atoms with Gasteiger partial charge in [0.05, 0.1) is 31.6 Å². The van der Waals surface area contributed by atoms with Gasteiger partial charge in [0, 0.05) is 18.8 Å². The Morgan fingerprint density at radius 1 is 1.14 bits per heavy atom. The maximum absolute atomic E-state index is 12.3. The summed E-state index contributed by atoms with van der Waals surface area (Å²) in [5.74, 6) is -0.0949. The molecule has 2 aromatic carbocycles. The van der Waals surface area contributed by atoms with Crippen molar-refractivity contribution in [1.82, 2.24) is 0 Å². The third-order valence-electron chi connectivity index (χ3n) is 4.49. The molecule has 7 nitrogen and oxygen atoms in total. The Balaban J connectivity index is 0.00000300. The normalized spacial score (nSPS) is 13.2. The van der Waals surface area contributed by atoms with Crippen molar-refractivity contribution in [3.63, 3.8) is 0 Å². The van der Waals surface area contributed by atoms with E-state index in [4.69, 9.17) is 14.2 Å². The van der Waals surface area contributed by atoms with Gasteiger partial charge >= 0.3 is 5.97 Å². The number of halogens is 1. The number of nitrogens with zero attached hydrogens (tertiary/aromatic N) is 1. The second kappa shape index (κ2) is 10.7. The number of hydrogen-bond donors (Lipinski definition) is 1. The summed E-state index contributed by atoms with van der Waals surface area (Å²) in [5, 5.41) is 2.77. The zero-order valence-corrected chi connectivity index (χ0v) is 17.3. The molecule has 0 saturated carbocycles. The molecule has 1 N–H and O–H groups in total. The molecular formula is C21H25ClN2O5. The number of para-hydroxylation sites is 1. The van der Waals surface area contributed by atoms with Crippen LogP contribution in [0.4, 0.5) is 11.4 Å². The lowest BCUT2D eigenvalue weighted by Gasteiger charge is -2.30. The van der Waals surface area contributed by atoms with Crippen molar-refractivity contribution < 1.29 is 23.8 Å². The SMILES string of the molecule is COC(=O)c1cc(NC(=O)COc2ccccc2C)ccc1N1CCOCC1.Cl. The number of ether oxygens (including phenoxy) is 3. The van der Waals surface area contributed by atoms with Crippen LogP contribution in [0.15, 0.2) is 42.5 Å². The number of carbonyl (C=O) groups is 2. The lowest BCUT2D eigenvalue weighted by atomic mass is 10.1. The number of methoxy groups -OCH3 is 1. The summed E-state index contributed by atoms with van der Waals surface area (Å²) < 4.78 is 15.8. The van der Waals surface area contributed by atoms with Crippen LogP contribution >= 0.6 is 12.4 Å². The van der Waals surface area contributed by atoms with Crippen LogP contribution in [0.1, 0.15) is 15.9 Å². The van der Waals surface area contributed by atoms with Gasteiger partial charge in [0.25, 0.3) is 5.91 Å². The fourth-order valence-electron chi connectivity index (χ4n) is 3.03. The van der Waals surface area contributed by atoms with Gasteiger partial charge in [0.1, 0.15) is 5.75 Å². The highest BCUT2D eigenvalue weighted by molar-refractivity contribution is 5.99. The molecule has 0 bridgehead atoms. The van der Waals surface area contributed by atoms with Crippen LogP contribution in [0.25, 0.3) is 0 Å². The fraction of sp³-hybridized carbons (Fsp3) is 0.333. The predicted molar refractivity (Wildman–Crippen MR) is 113 cm³/mol. The predicted octanol–water partition coefficient (Wildman–Crippen LogP) is 3.06. The zero-order chi connectivity index (χ0) is 19.9. The minimum atomic E-state index is -0.450. The van der Waals surface area contributed by atoms with Crippen molar-refractivity contribution in [1.29, 1.82) is 0 Å². The van der Waals surface area contributed by atoms with Crippen molar-refractivity contribution in [2.24, 2.45) is 0 Å². The third kappa shape index (κ3) is 5.85. The first-order chi connectivity index (χ1) is 13.6. The van der Waals surface area contributed by atoms with Gasteiger partial charge in [0.2, 0.25) is 0 Å². The largest absolute Gasteiger partial charge is 0.483 e. The number of esters is 1. The number of aryl methyl sites for hydroxylation is 1. The molecule has 1 aliphatic rings. The number of rotatable bonds is 6. The summed E-state index contributed by atoms with van der Waals surface area (Å²) in [5.41, 5.74) is 2.64. The quantitative estimate of drug-likeness (QED) is 0.724. The second-order valence-corrected chi connectivity index (χ2v) is 6.43. The van der Waals surface area contributed by atoms with Crippen LogP contribution < -0.4 is 15.0 Å². The Hall–Kier alpha value is -2.77. The maximum Gasteiger partial charge on any atom is 0.340 e. The van der Waals surface area contributed by atoms with Gasteiger partial charge in [-0.2, -0.15) is 0 Å². The number of nitrogens with one attached hydrogen (secondary N) is 1. The number of morpholine rings is 1. The molecule has 0 aromatic heterocycles. The maximum atomic E-state index is 12.3. The van der Waals surface area contributed by atoms with Crippen molar-refractivity contribution in [3.05, 3.63) is 53.6 Å². The van der Waals surface area contributed by atoms with Crippen molar-refractivity contribution in [3.8, 4) is 5.75 Å². The Morgan fingerprint density at radius 2 is 1.86 bits per heavy atom. The van der Waals surface area contributed by atoms with Crippen LogP contribution in [0.5, 0.6) is 5.75 Å². The Kier molecular flexibility index (Phi) is 8.30. The summed E-state index contributed by atoms with van der Waals surface area (Å²) >= 11 is 0. The van der Waals surface area contributed by atoms with Gasteiger partial charge in [-0.1, -0.05) is 18.2 Å². The minimum absolute atomic E-state index is 0. The number of carbonyl (C=O) groups excluding carboxylic acids is 2. The summed E-state index contributed by atoms with van der Waals surface area (Å²) in [6.45, 7) is 4.40. The van der Waals surface area contributed by atoms with E-state index in [1.165, 1.54) is 7.11 Å². The van der Waals surface area contributed by atoms with Crippen molar-refractivity contribution in [2.75, 3.05) is 50.2 Å². The highest BCUT2D eigenvalue weighted by Gasteiger charge is 2.20. The molecule has 1 amide bonds. The zero-order valence-electron chi connectivity index (χ0n) is 16.5. The molecule has 8 heteroatoms. The first-order valence-corrected chi connectivity index (χ1v) is 9.12. The van der Waals surface area contributed by atoms with E-state index in [1.807, 2.05) is 37.3 Å². The Morgan fingerprint density at radius 3 is 2.55 bits per heavy atom. The molecule has 0 atom stereocenters. The van der Waals surface area contributed by atoms with E-state index in [-0.39, 0.29) is 24.9 Å². The van der Waals surface area contributed by atoms with Crippen LogP contribution in [-0.2, 0) is 14.3 Å². The van der Waals surface area contributed by atoms with Gasteiger partial charge < -0.3 is 24.4 Å². The van der Waals surface area contributed by atoms with Gasteiger partial charge in [-0.3, -0.25) is 4.79 Å². The highest BCUT2D eigenvalue weighted by Crippen LogP contribution is 2.26. The molecule has 1 aliphatic heterocycles. The van der Waals surface area contributed by atoms with Gasteiger partial charge in [-0.15, -0.1) is 12.4 Å². The van der Waals surface area contributed by atoms with Crippen LogP contribution in [-0.4, -0.2) is 51.9 Å². The summed E-state index contributed by atoms with van der Waals surface area (Å²) in [7, 11) is 1.34. The Labute approximate surface area is 176 Å². The molecule has 0 spiro atoms. The smallest absolute Gasteiger partial charge is 0.340 e. The monoisotopic (exact) mass is 420 g/mol. The van der Waals surface area contributed by atoms with Crippen molar-refractivity contribution in [2.45, 2.75) is 6.92 Å². The molecule has 29 heavy (non-hydrogen) atoms. The molecule has 3 rings (SSSR count). The molecule has 0 radical (unpaired) electrons. The van der Waals surface area contributed by atoms with E-state index < -0.39 is 5.97 Å². The standard InChI is InChI=1S/C21H24N2O5.ClH/c1-15-5-3-4-6-19(15)28-14-20(24)22-16-7-8-18(17(13-16)21(25)26-2)23-9-11-27-12-10-23;/h3-8,13H,9-12,14H2,1-2H3,(H,22,24);1H. The van der Waals surface area contributed by atoms with Crippen LogP contribution in [0.3, 0.4) is 0 Å². The van der Waals surface area contributed by atoms with Crippen LogP contribution in [0.2, 0.25) is 0 Å². The number of benzene rings is 2. The van der Waals surface area contributed by atoms with E-state index in [2.05, 4.69) is 10.2 Å². The second-order valence-electron chi connectivity index (χ2n) is 6.43. The first-order valence-electron chi connectivity index (χ1n) is 9.12. The average Bonchev–Trinajstić information content (AvgIpc) is 2.73. The molecule has 1 fully saturated rings. The third-order valence-corrected chi connectivity index (χ3v) is 4.49. The van der Waals surface area contributed by atoms with Crippen LogP contribution in [0, 0.1) is 6.92 Å². The fourth-order valence-corrected chi connectivity index (χ4v) is 3.03. The topological polar surface area (TPSA) is 77.1 Å². The van der Waals surface area contributed by atoms with Gasteiger partial charge in [0.15, 0.2) is 6.61 Å². The summed E-state index contributed by atoms with van der Waals surface area (Å²) in [6, 6.07) is 12.7.